The van der Waals surface area contributed by atoms with Crippen molar-refractivity contribution in [2.45, 2.75) is 13.8 Å². The van der Waals surface area contributed by atoms with Gasteiger partial charge in [0.25, 0.3) is 0 Å². The van der Waals surface area contributed by atoms with Crippen LogP contribution in [0.1, 0.15) is 21.6 Å². The number of carbonyl (C=O) groups is 1. The highest BCUT2D eigenvalue weighted by atomic mass is 16.4. The summed E-state index contributed by atoms with van der Waals surface area (Å²) in [5, 5.41) is 9.09. The van der Waals surface area contributed by atoms with Gasteiger partial charge in [-0.25, -0.2) is 9.78 Å². The van der Waals surface area contributed by atoms with Gasteiger partial charge in [-0.3, -0.25) is 0 Å². The Morgan fingerprint density at radius 1 is 1.21 bits per heavy atom. The molecule has 4 nitrogen and oxygen atoms in total. The third-order valence-corrected chi connectivity index (χ3v) is 3.01. The van der Waals surface area contributed by atoms with E-state index < -0.39 is 5.97 Å². The Bertz CT molecular complexity index is 623. The lowest BCUT2D eigenvalue weighted by Crippen LogP contribution is -2.14. The summed E-state index contributed by atoms with van der Waals surface area (Å²) >= 11 is 0. The fourth-order valence-electron chi connectivity index (χ4n) is 2.01. The molecule has 0 aliphatic heterocycles. The van der Waals surface area contributed by atoms with Gasteiger partial charge in [-0.1, -0.05) is 18.2 Å². The maximum absolute atomic E-state index is 11.1. The fourth-order valence-corrected chi connectivity index (χ4v) is 2.01. The standard InChI is InChI=1S/C15H16N2O2/c1-10-6-4-5-7-13(10)17(3)14-9-12(15(18)19)8-11(2)16-14/h4-9H,1-3H3,(H,18,19). The van der Waals surface area contributed by atoms with Gasteiger partial charge in [-0.2, -0.15) is 0 Å². The quantitative estimate of drug-likeness (QED) is 0.916. The normalized spacial score (nSPS) is 10.3. The molecule has 0 radical (unpaired) electrons. The summed E-state index contributed by atoms with van der Waals surface area (Å²) in [7, 11) is 1.88. The number of benzene rings is 1. The molecule has 0 atom stereocenters. The van der Waals surface area contributed by atoms with Crippen molar-refractivity contribution in [2.24, 2.45) is 0 Å². The average Bonchev–Trinajstić information content (AvgIpc) is 2.37. The van der Waals surface area contributed by atoms with Crippen LogP contribution in [0.5, 0.6) is 0 Å². The number of aromatic nitrogens is 1. The van der Waals surface area contributed by atoms with Gasteiger partial charge in [0, 0.05) is 18.4 Å². The Morgan fingerprint density at radius 3 is 2.53 bits per heavy atom. The molecule has 1 aromatic carbocycles. The smallest absolute Gasteiger partial charge is 0.335 e. The number of anilines is 2. The number of carboxylic acid groups (broad SMARTS) is 1. The van der Waals surface area contributed by atoms with Crippen LogP contribution in [-0.2, 0) is 0 Å². The highest BCUT2D eigenvalue weighted by Crippen LogP contribution is 2.25. The molecule has 0 fully saturated rings. The van der Waals surface area contributed by atoms with Crippen LogP contribution < -0.4 is 4.90 Å². The SMILES string of the molecule is Cc1cc(C(=O)O)cc(N(C)c2ccccc2C)n1. The number of rotatable bonds is 3. The lowest BCUT2D eigenvalue weighted by Gasteiger charge is -2.21. The van der Waals surface area contributed by atoms with Crippen LogP contribution in [-0.4, -0.2) is 23.1 Å². The largest absolute Gasteiger partial charge is 0.478 e. The van der Waals surface area contributed by atoms with Crippen molar-refractivity contribution < 1.29 is 9.90 Å². The molecule has 1 N–H and O–H groups in total. The van der Waals surface area contributed by atoms with Crippen molar-refractivity contribution in [1.82, 2.24) is 4.98 Å². The minimum atomic E-state index is -0.940. The highest BCUT2D eigenvalue weighted by Gasteiger charge is 2.12. The van der Waals surface area contributed by atoms with E-state index in [4.69, 9.17) is 5.11 Å². The van der Waals surface area contributed by atoms with Crippen LogP contribution in [0.4, 0.5) is 11.5 Å². The zero-order valence-corrected chi connectivity index (χ0v) is 11.2. The molecule has 2 aromatic rings. The number of para-hydroxylation sites is 1. The van der Waals surface area contributed by atoms with Crippen LogP contribution in [0.15, 0.2) is 36.4 Å². The minimum absolute atomic E-state index is 0.253. The summed E-state index contributed by atoms with van der Waals surface area (Å²) in [5.41, 5.74) is 3.07. The maximum Gasteiger partial charge on any atom is 0.335 e. The Morgan fingerprint density at radius 2 is 1.89 bits per heavy atom. The monoisotopic (exact) mass is 256 g/mol. The second-order valence-electron chi connectivity index (χ2n) is 4.51. The molecule has 19 heavy (non-hydrogen) atoms. The Kier molecular flexibility index (Phi) is 3.51. The first kappa shape index (κ1) is 13.1. The highest BCUT2D eigenvalue weighted by molar-refractivity contribution is 5.89. The van der Waals surface area contributed by atoms with E-state index in [0.29, 0.717) is 11.5 Å². The number of hydrogen-bond donors (Lipinski definition) is 1. The molecule has 0 aliphatic rings. The summed E-state index contributed by atoms with van der Waals surface area (Å²) < 4.78 is 0. The van der Waals surface area contributed by atoms with E-state index in [2.05, 4.69) is 4.98 Å². The summed E-state index contributed by atoms with van der Waals surface area (Å²) in [4.78, 5) is 17.4. The van der Waals surface area contributed by atoms with Gasteiger partial charge in [0.2, 0.25) is 0 Å². The third kappa shape index (κ3) is 2.73. The summed E-state index contributed by atoms with van der Waals surface area (Å²) in [6, 6.07) is 11.1. The molecule has 0 aliphatic carbocycles. The number of pyridine rings is 1. The predicted octanol–water partition coefficient (Wildman–Crippen LogP) is 3.16. The zero-order chi connectivity index (χ0) is 14.0. The van der Waals surface area contributed by atoms with Crippen LogP contribution in [0.25, 0.3) is 0 Å². The topological polar surface area (TPSA) is 53.4 Å². The van der Waals surface area contributed by atoms with Gasteiger partial charge in [0.05, 0.1) is 5.56 Å². The molecule has 0 amide bonds. The number of aryl methyl sites for hydroxylation is 2. The van der Waals surface area contributed by atoms with Crippen LogP contribution in [0.3, 0.4) is 0 Å². The molecule has 0 bridgehead atoms. The maximum atomic E-state index is 11.1. The van der Waals surface area contributed by atoms with E-state index >= 15 is 0 Å². The Hall–Kier alpha value is -2.36. The summed E-state index contributed by atoms with van der Waals surface area (Å²) in [6.07, 6.45) is 0. The van der Waals surface area contributed by atoms with Crippen molar-refractivity contribution in [1.29, 1.82) is 0 Å². The van der Waals surface area contributed by atoms with Crippen molar-refractivity contribution in [3.05, 3.63) is 53.2 Å². The number of nitrogens with zero attached hydrogens (tertiary/aromatic N) is 2. The molecule has 0 unspecified atom stereocenters. The molecule has 1 heterocycles. The van der Waals surface area contributed by atoms with Crippen LogP contribution >= 0.6 is 0 Å². The van der Waals surface area contributed by atoms with E-state index in [1.54, 1.807) is 19.1 Å². The van der Waals surface area contributed by atoms with Gasteiger partial charge < -0.3 is 10.0 Å². The molecule has 4 heteroatoms. The van der Waals surface area contributed by atoms with Gasteiger partial charge in [-0.05, 0) is 37.6 Å². The molecular formula is C15H16N2O2. The van der Waals surface area contributed by atoms with E-state index in [-0.39, 0.29) is 5.56 Å². The number of hydrogen-bond acceptors (Lipinski definition) is 3. The molecule has 98 valence electrons. The average molecular weight is 256 g/mol. The van der Waals surface area contributed by atoms with Gasteiger partial charge in [0.1, 0.15) is 5.82 Å². The van der Waals surface area contributed by atoms with Gasteiger partial charge in [0.15, 0.2) is 0 Å². The third-order valence-electron chi connectivity index (χ3n) is 3.01. The van der Waals surface area contributed by atoms with E-state index in [1.807, 2.05) is 43.1 Å². The van der Waals surface area contributed by atoms with Crippen molar-refractivity contribution in [3.63, 3.8) is 0 Å². The molecule has 0 saturated heterocycles. The minimum Gasteiger partial charge on any atom is -0.478 e. The van der Waals surface area contributed by atoms with Crippen molar-refractivity contribution >= 4 is 17.5 Å². The first-order valence-electron chi connectivity index (χ1n) is 6.00. The van der Waals surface area contributed by atoms with E-state index in [0.717, 1.165) is 11.3 Å². The first-order valence-corrected chi connectivity index (χ1v) is 6.00. The molecule has 2 rings (SSSR count). The second kappa shape index (κ2) is 5.10. The second-order valence-corrected chi connectivity index (χ2v) is 4.51. The van der Waals surface area contributed by atoms with Crippen molar-refractivity contribution in [2.75, 3.05) is 11.9 Å². The summed E-state index contributed by atoms with van der Waals surface area (Å²) in [6.45, 7) is 3.81. The lowest BCUT2D eigenvalue weighted by atomic mass is 10.1. The van der Waals surface area contributed by atoms with Crippen molar-refractivity contribution in [3.8, 4) is 0 Å². The van der Waals surface area contributed by atoms with Gasteiger partial charge in [-0.15, -0.1) is 0 Å². The Labute approximate surface area is 112 Å². The number of aromatic carboxylic acids is 1. The fraction of sp³-hybridized carbons (Fsp3) is 0.200. The van der Waals surface area contributed by atoms with E-state index in [1.165, 1.54) is 0 Å². The molecule has 0 spiro atoms. The van der Waals surface area contributed by atoms with Crippen LogP contribution in [0, 0.1) is 13.8 Å². The summed E-state index contributed by atoms with van der Waals surface area (Å²) in [5.74, 6) is -0.309. The lowest BCUT2D eigenvalue weighted by molar-refractivity contribution is 0.0696. The molecule has 0 saturated carbocycles. The van der Waals surface area contributed by atoms with Gasteiger partial charge >= 0.3 is 5.97 Å². The number of carboxylic acids is 1. The first-order chi connectivity index (χ1) is 8.99. The van der Waals surface area contributed by atoms with E-state index in [9.17, 15) is 4.79 Å². The Balaban J connectivity index is 2.47. The van der Waals surface area contributed by atoms with Crippen LogP contribution in [0.2, 0.25) is 0 Å². The molecular weight excluding hydrogens is 240 g/mol. The predicted molar refractivity (Wildman–Crippen MR) is 75.2 cm³/mol. The molecule has 1 aromatic heterocycles. The zero-order valence-electron chi connectivity index (χ0n) is 11.2.